The average molecular weight is 405 g/mol. The van der Waals surface area contributed by atoms with Crippen molar-refractivity contribution in [1.29, 1.82) is 0 Å². The van der Waals surface area contributed by atoms with Crippen molar-refractivity contribution in [3.63, 3.8) is 0 Å². The molecule has 1 fully saturated rings. The van der Waals surface area contributed by atoms with Crippen molar-refractivity contribution in [3.8, 4) is 0 Å². The fourth-order valence-electron chi connectivity index (χ4n) is 5.03. The van der Waals surface area contributed by atoms with Crippen LogP contribution in [0.3, 0.4) is 0 Å². The van der Waals surface area contributed by atoms with Crippen LogP contribution >= 0.6 is 0 Å². The minimum atomic E-state index is -0.398. The van der Waals surface area contributed by atoms with E-state index >= 15 is 0 Å². The van der Waals surface area contributed by atoms with Crippen LogP contribution in [0.2, 0.25) is 0 Å². The molecule has 1 N–H and O–H groups in total. The number of rotatable bonds is 4. The lowest BCUT2D eigenvalue weighted by Crippen LogP contribution is -2.50. The molecule has 2 aromatic rings. The van der Waals surface area contributed by atoms with E-state index in [1.165, 1.54) is 5.56 Å². The highest BCUT2D eigenvalue weighted by Gasteiger charge is 2.45. The summed E-state index contributed by atoms with van der Waals surface area (Å²) in [5, 5.41) is 3.16. The number of nitrogens with zero attached hydrogens (tertiary/aromatic N) is 2. The zero-order valence-electron chi connectivity index (χ0n) is 17.0. The maximum absolute atomic E-state index is 13.5. The molecule has 30 heavy (non-hydrogen) atoms. The summed E-state index contributed by atoms with van der Waals surface area (Å²) in [5.41, 5.74) is 3.82. The molecule has 1 saturated heterocycles. The number of hydrogen-bond acceptors (Lipinski definition) is 4. The minimum absolute atomic E-state index is 0.00471. The molecule has 5 rings (SSSR count). The lowest BCUT2D eigenvalue weighted by molar-refractivity contribution is -0.124. The van der Waals surface area contributed by atoms with E-state index in [2.05, 4.69) is 22.3 Å². The van der Waals surface area contributed by atoms with E-state index in [1.54, 1.807) is 0 Å². The number of ether oxygens (including phenoxy) is 1. The SMILES string of the molecule is O=C(NCCN1CCOCC1)C1c2ccccc2C(=O)N2CCc3ccccc3C12. The van der Waals surface area contributed by atoms with Crippen molar-refractivity contribution in [2.75, 3.05) is 45.9 Å². The molecule has 0 aromatic heterocycles. The van der Waals surface area contributed by atoms with E-state index in [0.717, 1.165) is 50.4 Å². The Kier molecular flexibility index (Phi) is 5.27. The first-order valence-electron chi connectivity index (χ1n) is 10.8. The van der Waals surface area contributed by atoms with E-state index < -0.39 is 5.92 Å². The predicted molar refractivity (Wildman–Crippen MR) is 113 cm³/mol. The number of nitrogens with one attached hydrogen (secondary N) is 1. The van der Waals surface area contributed by atoms with Crippen LogP contribution in [0.25, 0.3) is 0 Å². The van der Waals surface area contributed by atoms with E-state index in [1.807, 2.05) is 41.3 Å². The summed E-state index contributed by atoms with van der Waals surface area (Å²) >= 11 is 0. The third kappa shape index (κ3) is 3.40. The Balaban J connectivity index is 1.44. The summed E-state index contributed by atoms with van der Waals surface area (Å²) in [4.78, 5) is 30.9. The Morgan fingerprint density at radius 3 is 2.57 bits per heavy atom. The number of morpholine rings is 1. The fraction of sp³-hybridized carbons (Fsp3) is 0.417. The van der Waals surface area contributed by atoms with E-state index in [-0.39, 0.29) is 17.9 Å². The van der Waals surface area contributed by atoms with Gasteiger partial charge in [0.15, 0.2) is 0 Å². The highest BCUT2D eigenvalue weighted by atomic mass is 16.5. The Morgan fingerprint density at radius 1 is 1.00 bits per heavy atom. The van der Waals surface area contributed by atoms with Gasteiger partial charge in [-0.2, -0.15) is 0 Å². The molecule has 2 aromatic carbocycles. The molecule has 2 unspecified atom stereocenters. The number of carbonyl (C=O) groups excluding carboxylic acids is 2. The molecule has 2 amide bonds. The second-order valence-corrected chi connectivity index (χ2v) is 8.20. The van der Waals surface area contributed by atoms with Gasteiger partial charge in [0.05, 0.1) is 25.2 Å². The Hall–Kier alpha value is -2.70. The van der Waals surface area contributed by atoms with Gasteiger partial charge >= 0.3 is 0 Å². The second-order valence-electron chi connectivity index (χ2n) is 8.20. The molecule has 3 aliphatic rings. The van der Waals surface area contributed by atoms with Crippen LogP contribution in [0.15, 0.2) is 48.5 Å². The molecule has 156 valence electrons. The number of amides is 2. The lowest BCUT2D eigenvalue weighted by Gasteiger charge is -2.45. The number of carbonyl (C=O) groups is 2. The molecular formula is C24H27N3O3. The Labute approximate surface area is 176 Å². The third-order valence-electron chi connectivity index (χ3n) is 6.55. The maximum atomic E-state index is 13.5. The van der Waals surface area contributed by atoms with Gasteiger partial charge in [-0.3, -0.25) is 14.5 Å². The van der Waals surface area contributed by atoms with Crippen LogP contribution < -0.4 is 5.32 Å². The maximum Gasteiger partial charge on any atom is 0.254 e. The van der Waals surface area contributed by atoms with Crippen molar-refractivity contribution in [3.05, 3.63) is 70.8 Å². The number of hydrogen-bond donors (Lipinski definition) is 1. The first-order valence-corrected chi connectivity index (χ1v) is 10.8. The highest BCUT2D eigenvalue weighted by Crippen LogP contribution is 2.45. The monoisotopic (exact) mass is 405 g/mol. The molecule has 0 saturated carbocycles. The van der Waals surface area contributed by atoms with E-state index in [9.17, 15) is 9.59 Å². The summed E-state index contributed by atoms with van der Waals surface area (Å²) in [6.45, 7) is 5.36. The molecule has 0 aliphatic carbocycles. The first kappa shape index (κ1) is 19.3. The average Bonchev–Trinajstić information content (AvgIpc) is 2.80. The molecule has 2 atom stereocenters. The summed E-state index contributed by atoms with van der Waals surface area (Å²) < 4.78 is 5.40. The topological polar surface area (TPSA) is 61.9 Å². The van der Waals surface area contributed by atoms with Crippen molar-refractivity contribution >= 4 is 11.8 Å². The first-order chi connectivity index (χ1) is 14.7. The molecule has 3 aliphatic heterocycles. The molecule has 6 heteroatoms. The van der Waals surface area contributed by atoms with Gasteiger partial charge in [-0.25, -0.2) is 0 Å². The van der Waals surface area contributed by atoms with Crippen molar-refractivity contribution in [2.24, 2.45) is 0 Å². The van der Waals surface area contributed by atoms with Gasteiger partial charge in [-0.15, -0.1) is 0 Å². The van der Waals surface area contributed by atoms with Gasteiger partial charge in [0.1, 0.15) is 0 Å². The van der Waals surface area contributed by atoms with Gasteiger partial charge in [0, 0.05) is 38.3 Å². The summed E-state index contributed by atoms with van der Waals surface area (Å²) in [5.74, 6) is -0.373. The number of fused-ring (bicyclic) bond motifs is 4. The van der Waals surface area contributed by atoms with Crippen LogP contribution in [0.5, 0.6) is 0 Å². The quantitative estimate of drug-likeness (QED) is 0.845. The van der Waals surface area contributed by atoms with E-state index in [4.69, 9.17) is 4.74 Å². The van der Waals surface area contributed by atoms with Crippen molar-refractivity contribution < 1.29 is 14.3 Å². The summed E-state index contributed by atoms with van der Waals surface area (Å²) in [6.07, 6.45) is 0.825. The Bertz CT molecular complexity index is 954. The molecule has 3 heterocycles. The predicted octanol–water partition coefficient (Wildman–Crippen LogP) is 1.97. The van der Waals surface area contributed by atoms with Gasteiger partial charge < -0.3 is 15.0 Å². The van der Waals surface area contributed by atoms with Crippen LogP contribution in [-0.4, -0.2) is 67.6 Å². The van der Waals surface area contributed by atoms with Crippen LogP contribution in [0.4, 0.5) is 0 Å². The van der Waals surface area contributed by atoms with Crippen LogP contribution in [-0.2, 0) is 16.0 Å². The largest absolute Gasteiger partial charge is 0.379 e. The van der Waals surface area contributed by atoms with Crippen LogP contribution in [0, 0.1) is 0 Å². The molecule has 0 spiro atoms. The number of benzene rings is 2. The Morgan fingerprint density at radius 2 is 1.73 bits per heavy atom. The molecular weight excluding hydrogens is 378 g/mol. The smallest absolute Gasteiger partial charge is 0.254 e. The highest BCUT2D eigenvalue weighted by molar-refractivity contribution is 6.01. The molecule has 0 bridgehead atoms. The fourth-order valence-corrected chi connectivity index (χ4v) is 5.03. The third-order valence-corrected chi connectivity index (χ3v) is 6.55. The van der Waals surface area contributed by atoms with Crippen molar-refractivity contribution in [2.45, 2.75) is 18.4 Å². The van der Waals surface area contributed by atoms with E-state index in [0.29, 0.717) is 18.7 Å². The van der Waals surface area contributed by atoms with Gasteiger partial charge in [0.25, 0.3) is 5.91 Å². The summed E-state index contributed by atoms with van der Waals surface area (Å²) in [6, 6.07) is 15.6. The normalized spacial score (nSPS) is 23.3. The van der Waals surface area contributed by atoms with Crippen molar-refractivity contribution in [1.82, 2.24) is 15.1 Å². The van der Waals surface area contributed by atoms with Gasteiger partial charge in [-0.1, -0.05) is 42.5 Å². The molecule has 0 radical (unpaired) electrons. The minimum Gasteiger partial charge on any atom is -0.379 e. The lowest BCUT2D eigenvalue weighted by atomic mass is 9.76. The van der Waals surface area contributed by atoms with Crippen LogP contribution in [0.1, 0.15) is 39.0 Å². The second kappa shape index (κ2) is 8.20. The van der Waals surface area contributed by atoms with Gasteiger partial charge in [0.2, 0.25) is 5.91 Å². The zero-order chi connectivity index (χ0) is 20.5. The summed E-state index contributed by atoms with van der Waals surface area (Å²) in [7, 11) is 0. The standard InChI is InChI=1S/C24H27N3O3/c28-23(25-10-12-26-13-15-30-16-14-26)21-19-7-3-4-8-20(19)24(29)27-11-9-17-5-1-2-6-18(17)22(21)27/h1-8,21-22H,9-16H2,(H,25,28). The van der Waals surface area contributed by atoms with Gasteiger partial charge in [-0.05, 0) is 29.2 Å². The molecule has 6 nitrogen and oxygen atoms in total. The zero-order valence-corrected chi connectivity index (χ0v) is 17.0.